The number of carbonyl (C=O) groups is 1. The van der Waals surface area contributed by atoms with Crippen molar-refractivity contribution in [3.05, 3.63) is 64.2 Å². The van der Waals surface area contributed by atoms with Gasteiger partial charge in [0.15, 0.2) is 6.61 Å². The Kier molecular flexibility index (Phi) is 5.55. The van der Waals surface area contributed by atoms with Crippen LogP contribution in [-0.2, 0) is 9.63 Å². The Morgan fingerprint density at radius 3 is 2.45 bits per heavy atom. The smallest absolute Gasteiger partial charge is 0.265 e. The molecule has 4 nitrogen and oxygen atoms in total. The van der Waals surface area contributed by atoms with E-state index in [9.17, 15) is 4.79 Å². The first kappa shape index (κ1) is 16.0. The molecule has 0 unspecified atom stereocenters. The highest BCUT2D eigenvalue weighted by Crippen LogP contribution is 2.13. The van der Waals surface area contributed by atoms with Gasteiger partial charge in [-0.2, -0.15) is 0 Å². The molecule has 0 aliphatic rings. The minimum Gasteiger partial charge on any atom is -0.386 e. The zero-order valence-corrected chi connectivity index (χ0v) is 13.2. The van der Waals surface area contributed by atoms with Crippen molar-refractivity contribution in [2.24, 2.45) is 5.16 Å². The number of oxime groups is 1. The molecule has 22 heavy (non-hydrogen) atoms. The molecule has 0 spiro atoms. The summed E-state index contributed by atoms with van der Waals surface area (Å²) in [6, 6.07) is 13.0. The first-order valence-corrected chi connectivity index (χ1v) is 7.20. The summed E-state index contributed by atoms with van der Waals surface area (Å²) < 4.78 is 0. The highest BCUT2D eigenvalue weighted by atomic mass is 35.5. The summed E-state index contributed by atoms with van der Waals surface area (Å²) in [6.45, 7) is 3.82. The van der Waals surface area contributed by atoms with Gasteiger partial charge >= 0.3 is 0 Å². The molecule has 0 heterocycles. The van der Waals surface area contributed by atoms with Gasteiger partial charge in [-0.25, -0.2) is 0 Å². The van der Waals surface area contributed by atoms with E-state index in [0.717, 1.165) is 22.4 Å². The number of anilines is 1. The lowest BCUT2D eigenvalue weighted by atomic mass is 10.1. The molecule has 0 saturated carbocycles. The third-order valence-electron chi connectivity index (χ3n) is 2.85. The number of amides is 1. The lowest BCUT2D eigenvalue weighted by Crippen LogP contribution is -2.17. The zero-order chi connectivity index (χ0) is 15.9. The number of carbonyl (C=O) groups excluding carboxylic acids is 1. The summed E-state index contributed by atoms with van der Waals surface area (Å²) in [6.07, 6.45) is 1.53. The van der Waals surface area contributed by atoms with Gasteiger partial charge in [0.05, 0.1) is 6.21 Å². The minimum absolute atomic E-state index is 0.142. The van der Waals surface area contributed by atoms with Crippen LogP contribution in [0, 0.1) is 13.8 Å². The molecule has 0 radical (unpaired) electrons. The molecule has 0 bridgehead atoms. The Morgan fingerprint density at radius 1 is 1.18 bits per heavy atom. The van der Waals surface area contributed by atoms with Crippen molar-refractivity contribution in [3.63, 3.8) is 0 Å². The summed E-state index contributed by atoms with van der Waals surface area (Å²) in [5, 5.41) is 7.19. The molecule has 2 rings (SSSR count). The van der Waals surface area contributed by atoms with E-state index in [1.54, 1.807) is 12.1 Å². The Balaban J connectivity index is 1.81. The lowest BCUT2D eigenvalue weighted by Gasteiger charge is -2.06. The van der Waals surface area contributed by atoms with Gasteiger partial charge < -0.3 is 10.2 Å². The van der Waals surface area contributed by atoms with Gasteiger partial charge in [-0.15, -0.1) is 0 Å². The van der Waals surface area contributed by atoms with Crippen LogP contribution < -0.4 is 5.32 Å². The predicted molar refractivity (Wildman–Crippen MR) is 89.5 cm³/mol. The summed E-state index contributed by atoms with van der Waals surface area (Å²) >= 11 is 5.79. The van der Waals surface area contributed by atoms with Crippen molar-refractivity contribution in [2.75, 3.05) is 11.9 Å². The third-order valence-corrected chi connectivity index (χ3v) is 3.10. The molecule has 1 amide bonds. The van der Waals surface area contributed by atoms with Crippen LogP contribution in [0.15, 0.2) is 47.6 Å². The Hall–Kier alpha value is -2.33. The molecule has 0 atom stereocenters. The molecular formula is C17H17ClN2O2. The zero-order valence-electron chi connectivity index (χ0n) is 12.5. The Bertz CT molecular complexity index is 661. The van der Waals surface area contributed by atoms with Crippen molar-refractivity contribution in [1.82, 2.24) is 0 Å². The number of hydrogen-bond acceptors (Lipinski definition) is 3. The Labute approximate surface area is 134 Å². The first-order chi connectivity index (χ1) is 10.5. The summed E-state index contributed by atoms with van der Waals surface area (Å²) in [4.78, 5) is 16.8. The van der Waals surface area contributed by atoms with Crippen LogP contribution in [0.2, 0.25) is 5.02 Å². The average molecular weight is 317 g/mol. The normalized spacial score (nSPS) is 10.7. The molecule has 0 saturated heterocycles. The number of benzene rings is 2. The Morgan fingerprint density at radius 2 is 1.82 bits per heavy atom. The van der Waals surface area contributed by atoms with Crippen LogP contribution in [0.5, 0.6) is 0 Å². The maximum absolute atomic E-state index is 11.8. The largest absolute Gasteiger partial charge is 0.386 e. The van der Waals surface area contributed by atoms with Crippen LogP contribution in [0.1, 0.15) is 16.7 Å². The second-order valence-electron chi connectivity index (χ2n) is 4.98. The quantitative estimate of drug-likeness (QED) is 0.671. The standard InChI is InChI=1S/C17H17ClN2O2/c1-12-7-13(2)9-16(8-12)20-17(21)11-22-19-10-14-3-5-15(18)6-4-14/h3-10H,11H2,1-2H3,(H,20,21)/b19-10-. The van der Waals surface area contributed by atoms with Gasteiger partial charge in [-0.3, -0.25) is 4.79 Å². The number of nitrogens with zero attached hydrogens (tertiary/aromatic N) is 1. The van der Waals surface area contributed by atoms with E-state index in [0.29, 0.717) is 5.02 Å². The van der Waals surface area contributed by atoms with Crippen LogP contribution in [-0.4, -0.2) is 18.7 Å². The topological polar surface area (TPSA) is 50.7 Å². The van der Waals surface area contributed by atoms with Crippen molar-refractivity contribution in [1.29, 1.82) is 0 Å². The number of rotatable bonds is 5. The molecule has 5 heteroatoms. The van der Waals surface area contributed by atoms with Crippen molar-refractivity contribution in [3.8, 4) is 0 Å². The van der Waals surface area contributed by atoms with E-state index >= 15 is 0 Å². The van der Waals surface area contributed by atoms with Crippen LogP contribution in [0.4, 0.5) is 5.69 Å². The highest BCUT2D eigenvalue weighted by Gasteiger charge is 2.03. The van der Waals surface area contributed by atoms with Crippen LogP contribution >= 0.6 is 11.6 Å². The molecule has 2 aromatic carbocycles. The van der Waals surface area contributed by atoms with Gasteiger partial charge in [0.1, 0.15) is 0 Å². The number of halogens is 1. The lowest BCUT2D eigenvalue weighted by molar-refractivity contribution is -0.120. The van der Waals surface area contributed by atoms with Crippen molar-refractivity contribution >= 4 is 29.4 Å². The number of aryl methyl sites for hydroxylation is 2. The molecule has 114 valence electrons. The maximum atomic E-state index is 11.8. The first-order valence-electron chi connectivity index (χ1n) is 6.82. The van der Waals surface area contributed by atoms with E-state index in [-0.39, 0.29) is 12.5 Å². The number of hydrogen-bond donors (Lipinski definition) is 1. The van der Waals surface area contributed by atoms with E-state index in [1.165, 1.54) is 6.21 Å². The van der Waals surface area contributed by atoms with Crippen molar-refractivity contribution < 1.29 is 9.63 Å². The van der Waals surface area contributed by atoms with Gasteiger partial charge in [0, 0.05) is 10.7 Å². The van der Waals surface area contributed by atoms with Gasteiger partial charge in [0.25, 0.3) is 5.91 Å². The van der Waals surface area contributed by atoms with Crippen molar-refractivity contribution in [2.45, 2.75) is 13.8 Å². The summed E-state index contributed by atoms with van der Waals surface area (Å²) in [5.41, 5.74) is 3.79. The second kappa shape index (κ2) is 7.61. The van der Waals surface area contributed by atoms with Crippen LogP contribution in [0.25, 0.3) is 0 Å². The summed E-state index contributed by atoms with van der Waals surface area (Å²) in [5.74, 6) is -0.252. The van der Waals surface area contributed by atoms with E-state index in [1.807, 2.05) is 44.2 Å². The number of nitrogens with one attached hydrogen (secondary N) is 1. The highest BCUT2D eigenvalue weighted by molar-refractivity contribution is 6.30. The van der Waals surface area contributed by atoms with Gasteiger partial charge in [-0.1, -0.05) is 35.0 Å². The maximum Gasteiger partial charge on any atom is 0.265 e. The second-order valence-corrected chi connectivity index (χ2v) is 5.42. The molecular weight excluding hydrogens is 300 g/mol. The molecule has 0 fully saturated rings. The fourth-order valence-electron chi connectivity index (χ4n) is 1.99. The van der Waals surface area contributed by atoms with Gasteiger partial charge in [-0.05, 0) is 54.8 Å². The molecule has 2 aromatic rings. The van der Waals surface area contributed by atoms with Gasteiger partial charge in [0.2, 0.25) is 0 Å². The summed E-state index contributed by atoms with van der Waals surface area (Å²) in [7, 11) is 0. The fourth-order valence-corrected chi connectivity index (χ4v) is 2.11. The predicted octanol–water partition coefficient (Wildman–Crippen LogP) is 3.95. The van der Waals surface area contributed by atoms with E-state index in [2.05, 4.69) is 10.5 Å². The molecule has 0 aliphatic carbocycles. The van der Waals surface area contributed by atoms with Crippen LogP contribution in [0.3, 0.4) is 0 Å². The molecule has 1 N–H and O–H groups in total. The van der Waals surface area contributed by atoms with E-state index < -0.39 is 0 Å². The minimum atomic E-state index is -0.252. The fraction of sp³-hybridized carbons (Fsp3) is 0.176. The van der Waals surface area contributed by atoms with E-state index in [4.69, 9.17) is 16.4 Å². The SMILES string of the molecule is Cc1cc(C)cc(NC(=O)CO/N=C\c2ccc(Cl)cc2)c1. The molecule has 0 aromatic heterocycles. The molecule has 0 aliphatic heterocycles. The third kappa shape index (κ3) is 5.22. The average Bonchev–Trinajstić information content (AvgIpc) is 2.44. The monoisotopic (exact) mass is 316 g/mol.